The molecule has 0 spiro atoms. The van der Waals surface area contributed by atoms with Gasteiger partial charge in [-0.15, -0.1) is 0 Å². The number of hydrogen-bond acceptors (Lipinski definition) is 3. The second-order valence-electron chi connectivity index (χ2n) is 2.78. The molecular formula is C8H15NO2. The summed E-state index contributed by atoms with van der Waals surface area (Å²) in [5.74, 6) is 0. The van der Waals surface area contributed by atoms with Crippen LogP contribution in [0.25, 0.3) is 0 Å². The quantitative estimate of drug-likeness (QED) is 0.438. The van der Waals surface area contributed by atoms with Crippen LogP contribution in [0.1, 0.15) is 13.3 Å². The summed E-state index contributed by atoms with van der Waals surface area (Å²) in [5.41, 5.74) is 0. The van der Waals surface area contributed by atoms with E-state index in [2.05, 4.69) is 4.99 Å². The van der Waals surface area contributed by atoms with Crippen LogP contribution < -0.4 is 0 Å². The van der Waals surface area contributed by atoms with Gasteiger partial charge in [0.1, 0.15) is 6.10 Å². The van der Waals surface area contributed by atoms with Gasteiger partial charge in [0.2, 0.25) is 0 Å². The van der Waals surface area contributed by atoms with Gasteiger partial charge in [0, 0.05) is 19.7 Å². The molecular weight excluding hydrogens is 142 g/mol. The van der Waals surface area contributed by atoms with Crippen molar-refractivity contribution in [3.63, 3.8) is 0 Å². The molecule has 0 amide bonds. The van der Waals surface area contributed by atoms with Crippen molar-refractivity contribution in [2.24, 2.45) is 4.99 Å². The molecule has 0 aromatic rings. The van der Waals surface area contributed by atoms with E-state index in [1.165, 1.54) is 0 Å². The van der Waals surface area contributed by atoms with Crippen LogP contribution in [0.4, 0.5) is 0 Å². The van der Waals surface area contributed by atoms with Crippen LogP contribution in [0.3, 0.4) is 0 Å². The first-order valence-electron chi connectivity index (χ1n) is 3.96. The highest BCUT2D eigenvalue weighted by Gasteiger charge is 2.22. The first kappa shape index (κ1) is 8.68. The lowest BCUT2D eigenvalue weighted by Gasteiger charge is -2.08. The molecule has 0 bridgehead atoms. The van der Waals surface area contributed by atoms with E-state index in [0.29, 0.717) is 6.10 Å². The third-order valence-electron chi connectivity index (χ3n) is 1.59. The number of hydrogen-bond donors (Lipinski definition) is 0. The lowest BCUT2D eigenvalue weighted by atomic mass is 10.3. The molecule has 0 saturated carbocycles. The second-order valence-corrected chi connectivity index (χ2v) is 2.78. The summed E-state index contributed by atoms with van der Waals surface area (Å²) in [5, 5.41) is 0. The van der Waals surface area contributed by atoms with Gasteiger partial charge in [0.15, 0.2) is 0 Å². The molecule has 3 nitrogen and oxygen atoms in total. The minimum absolute atomic E-state index is 0.267. The molecule has 1 aliphatic rings. The Bertz CT molecular complexity index is 132. The van der Waals surface area contributed by atoms with E-state index in [4.69, 9.17) is 9.47 Å². The minimum atomic E-state index is 0.267. The lowest BCUT2D eigenvalue weighted by Crippen LogP contribution is -2.12. The van der Waals surface area contributed by atoms with Gasteiger partial charge in [0.05, 0.1) is 19.3 Å². The van der Waals surface area contributed by atoms with E-state index >= 15 is 0 Å². The number of aliphatic imine (C=N–C) groups is 1. The summed E-state index contributed by atoms with van der Waals surface area (Å²) in [4.78, 5) is 3.88. The largest absolute Gasteiger partial charge is 0.375 e. The fraction of sp³-hybridized carbons (Fsp3) is 0.875. The Labute approximate surface area is 67.4 Å². The Morgan fingerprint density at radius 2 is 2.55 bits per heavy atom. The molecule has 1 rings (SSSR count). The molecule has 0 aromatic heterocycles. The molecule has 0 N–H and O–H groups in total. The van der Waals surface area contributed by atoms with Crippen molar-refractivity contribution in [2.75, 3.05) is 20.3 Å². The van der Waals surface area contributed by atoms with Gasteiger partial charge in [-0.05, 0) is 6.92 Å². The fourth-order valence-corrected chi connectivity index (χ4v) is 0.758. The highest BCUT2D eigenvalue weighted by atomic mass is 16.6. The molecule has 1 aliphatic heterocycles. The Kier molecular flexibility index (Phi) is 3.52. The Hall–Kier alpha value is -0.410. The SMILES string of the molecule is CN=CCC(C)OCC1CO1. The van der Waals surface area contributed by atoms with Gasteiger partial charge in [-0.1, -0.05) is 0 Å². The van der Waals surface area contributed by atoms with E-state index in [1.54, 1.807) is 7.05 Å². The van der Waals surface area contributed by atoms with Gasteiger partial charge in [-0.25, -0.2) is 0 Å². The van der Waals surface area contributed by atoms with Crippen molar-refractivity contribution in [3.8, 4) is 0 Å². The van der Waals surface area contributed by atoms with E-state index in [-0.39, 0.29) is 6.10 Å². The molecule has 0 aromatic carbocycles. The van der Waals surface area contributed by atoms with Crippen LogP contribution in [0.15, 0.2) is 4.99 Å². The summed E-state index contributed by atoms with van der Waals surface area (Å²) in [6.07, 6.45) is 3.40. The second kappa shape index (κ2) is 4.46. The van der Waals surface area contributed by atoms with Crippen molar-refractivity contribution < 1.29 is 9.47 Å². The number of rotatable bonds is 5. The molecule has 1 heterocycles. The fourth-order valence-electron chi connectivity index (χ4n) is 0.758. The molecule has 2 atom stereocenters. The smallest absolute Gasteiger partial charge is 0.104 e. The predicted molar refractivity (Wildman–Crippen MR) is 44.2 cm³/mol. The third-order valence-corrected chi connectivity index (χ3v) is 1.59. The number of ether oxygens (including phenoxy) is 2. The minimum Gasteiger partial charge on any atom is -0.375 e. The number of nitrogens with zero attached hydrogens (tertiary/aromatic N) is 1. The Morgan fingerprint density at radius 3 is 3.09 bits per heavy atom. The molecule has 1 saturated heterocycles. The normalized spacial score (nSPS) is 25.8. The highest BCUT2D eigenvalue weighted by molar-refractivity contribution is 5.57. The average molecular weight is 157 g/mol. The van der Waals surface area contributed by atoms with Crippen LogP contribution in [0.2, 0.25) is 0 Å². The maximum atomic E-state index is 5.45. The van der Waals surface area contributed by atoms with Crippen LogP contribution in [-0.2, 0) is 9.47 Å². The van der Waals surface area contributed by atoms with E-state index < -0.39 is 0 Å². The summed E-state index contributed by atoms with van der Waals surface area (Å²) in [6, 6.07) is 0. The van der Waals surface area contributed by atoms with Gasteiger partial charge in [-0.2, -0.15) is 0 Å². The van der Waals surface area contributed by atoms with Gasteiger partial charge in [-0.3, -0.25) is 0 Å². The van der Waals surface area contributed by atoms with Crippen LogP contribution in [0.5, 0.6) is 0 Å². The van der Waals surface area contributed by atoms with Crippen molar-refractivity contribution in [2.45, 2.75) is 25.6 Å². The standard InChI is InChI=1S/C8H15NO2/c1-7(3-4-9-2)10-5-8-6-11-8/h4,7-8H,3,5-6H2,1-2H3. The van der Waals surface area contributed by atoms with Crippen LogP contribution >= 0.6 is 0 Å². The molecule has 2 unspecified atom stereocenters. The molecule has 1 fully saturated rings. The summed E-state index contributed by atoms with van der Waals surface area (Å²) in [7, 11) is 1.77. The van der Waals surface area contributed by atoms with Crippen molar-refractivity contribution in [1.82, 2.24) is 0 Å². The van der Waals surface area contributed by atoms with Crippen LogP contribution in [0, 0.1) is 0 Å². The summed E-state index contributed by atoms with van der Waals surface area (Å²) >= 11 is 0. The maximum Gasteiger partial charge on any atom is 0.104 e. The monoisotopic (exact) mass is 157 g/mol. The first-order chi connectivity index (χ1) is 5.33. The average Bonchev–Trinajstić information content (AvgIpc) is 2.80. The summed E-state index contributed by atoms with van der Waals surface area (Å²) < 4.78 is 10.5. The topological polar surface area (TPSA) is 34.1 Å². The molecule has 11 heavy (non-hydrogen) atoms. The molecule has 0 aliphatic carbocycles. The zero-order valence-corrected chi connectivity index (χ0v) is 7.12. The zero-order chi connectivity index (χ0) is 8.10. The Morgan fingerprint density at radius 1 is 1.82 bits per heavy atom. The van der Waals surface area contributed by atoms with Gasteiger partial charge < -0.3 is 14.5 Å². The van der Waals surface area contributed by atoms with Crippen molar-refractivity contribution in [3.05, 3.63) is 0 Å². The first-order valence-corrected chi connectivity index (χ1v) is 3.96. The van der Waals surface area contributed by atoms with E-state index in [0.717, 1.165) is 19.6 Å². The zero-order valence-electron chi connectivity index (χ0n) is 7.12. The predicted octanol–water partition coefficient (Wildman–Crippen LogP) is 0.881. The van der Waals surface area contributed by atoms with Crippen molar-refractivity contribution >= 4 is 6.21 Å². The molecule has 0 radical (unpaired) electrons. The van der Waals surface area contributed by atoms with Crippen molar-refractivity contribution in [1.29, 1.82) is 0 Å². The third kappa shape index (κ3) is 4.11. The Balaban J connectivity index is 1.95. The molecule has 3 heteroatoms. The van der Waals surface area contributed by atoms with Crippen LogP contribution in [-0.4, -0.2) is 38.7 Å². The number of epoxide rings is 1. The van der Waals surface area contributed by atoms with Gasteiger partial charge >= 0.3 is 0 Å². The van der Waals surface area contributed by atoms with E-state index in [1.807, 2.05) is 13.1 Å². The summed E-state index contributed by atoms with van der Waals surface area (Å²) in [6.45, 7) is 3.65. The molecule has 64 valence electrons. The highest BCUT2D eigenvalue weighted by Crippen LogP contribution is 2.10. The van der Waals surface area contributed by atoms with E-state index in [9.17, 15) is 0 Å². The lowest BCUT2D eigenvalue weighted by molar-refractivity contribution is 0.0597. The van der Waals surface area contributed by atoms with Gasteiger partial charge in [0.25, 0.3) is 0 Å². The maximum absolute atomic E-state index is 5.45.